The molecule has 1 saturated heterocycles. The minimum atomic E-state index is 0.127. The van der Waals surface area contributed by atoms with Gasteiger partial charge in [0, 0.05) is 12.1 Å². The highest BCUT2D eigenvalue weighted by molar-refractivity contribution is 5.38. The molecule has 0 atom stereocenters. The van der Waals surface area contributed by atoms with Gasteiger partial charge >= 0.3 is 0 Å². The molecule has 2 rings (SSSR count). The van der Waals surface area contributed by atoms with E-state index in [0.717, 1.165) is 37.4 Å². The van der Waals surface area contributed by atoms with Crippen LogP contribution < -0.4 is 10.6 Å². The largest absolute Gasteiger partial charge is 0.394 e. The second kappa shape index (κ2) is 5.32. The molecule has 1 aromatic heterocycles. The van der Waals surface area contributed by atoms with Crippen LogP contribution in [0.2, 0.25) is 0 Å². The first-order valence-electron chi connectivity index (χ1n) is 5.92. The molecule has 5 heteroatoms. The van der Waals surface area contributed by atoms with E-state index in [0.29, 0.717) is 12.6 Å². The van der Waals surface area contributed by atoms with Crippen LogP contribution in [0.3, 0.4) is 0 Å². The van der Waals surface area contributed by atoms with E-state index >= 15 is 0 Å². The highest BCUT2D eigenvalue weighted by Crippen LogP contribution is 2.15. The zero-order valence-electron chi connectivity index (χ0n) is 9.74. The fraction of sp³-hybridized carbons (Fsp3) is 0.727. The second-order valence-corrected chi connectivity index (χ2v) is 4.29. The van der Waals surface area contributed by atoms with Crippen molar-refractivity contribution in [1.29, 1.82) is 0 Å². The van der Waals surface area contributed by atoms with Crippen LogP contribution in [0.15, 0.2) is 6.07 Å². The molecule has 0 bridgehead atoms. The first kappa shape index (κ1) is 11.4. The number of piperidine rings is 1. The number of rotatable bonds is 4. The van der Waals surface area contributed by atoms with Crippen molar-refractivity contribution in [2.45, 2.75) is 32.4 Å². The number of aliphatic hydroxyl groups excluding tert-OH is 1. The summed E-state index contributed by atoms with van der Waals surface area (Å²) in [5, 5.41) is 20.2. The second-order valence-electron chi connectivity index (χ2n) is 4.29. The van der Waals surface area contributed by atoms with E-state index in [1.54, 1.807) is 0 Å². The normalized spacial score (nSPS) is 17.6. The van der Waals surface area contributed by atoms with Crippen LogP contribution in [0.25, 0.3) is 0 Å². The third-order valence-electron chi connectivity index (χ3n) is 2.91. The van der Waals surface area contributed by atoms with Gasteiger partial charge in [0.15, 0.2) is 0 Å². The molecule has 3 N–H and O–H groups in total. The van der Waals surface area contributed by atoms with Crippen molar-refractivity contribution in [3.8, 4) is 0 Å². The van der Waals surface area contributed by atoms with Crippen LogP contribution in [-0.4, -0.2) is 40.6 Å². The van der Waals surface area contributed by atoms with Gasteiger partial charge in [0.2, 0.25) is 0 Å². The van der Waals surface area contributed by atoms with Crippen molar-refractivity contribution < 1.29 is 5.11 Å². The molecule has 5 nitrogen and oxygen atoms in total. The van der Waals surface area contributed by atoms with E-state index in [1.807, 2.05) is 17.7 Å². The number of hydrogen-bond donors (Lipinski definition) is 3. The van der Waals surface area contributed by atoms with Crippen molar-refractivity contribution in [2.75, 3.05) is 25.0 Å². The Kier molecular flexibility index (Phi) is 3.79. The molecule has 1 aliphatic heterocycles. The van der Waals surface area contributed by atoms with E-state index in [4.69, 9.17) is 5.11 Å². The van der Waals surface area contributed by atoms with E-state index in [2.05, 4.69) is 15.7 Å². The summed E-state index contributed by atoms with van der Waals surface area (Å²) in [6.45, 7) is 4.81. The maximum Gasteiger partial charge on any atom is 0.124 e. The van der Waals surface area contributed by atoms with E-state index in [9.17, 15) is 0 Å². The van der Waals surface area contributed by atoms with E-state index < -0.39 is 0 Å². The van der Waals surface area contributed by atoms with Gasteiger partial charge in [-0.3, -0.25) is 0 Å². The van der Waals surface area contributed by atoms with Crippen molar-refractivity contribution in [3.63, 3.8) is 0 Å². The third-order valence-corrected chi connectivity index (χ3v) is 2.91. The van der Waals surface area contributed by atoms with Gasteiger partial charge in [0.25, 0.3) is 0 Å². The smallest absolute Gasteiger partial charge is 0.124 e. The summed E-state index contributed by atoms with van der Waals surface area (Å²) in [5.41, 5.74) is 0.991. The van der Waals surface area contributed by atoms with E-state index in [-0.39, 0.29) is 6.61 Å². The van der Waals surface area contributed by atoms with Crippen molar-refractivity contribution in [3.05, 3.63) is 11.8 Å². The van der Waals surface area contributed by atoms with Crippen LogP contribution in [0.1, 0.15) is 18.5 Å². The minimum Gasteiger partial charge on any atom is -0.394 e. The molecule has 0 radical (unpaired) electrons. The minimum absolute atomic E-state index is 0.127. The highest BCUT2D eigenvalue weighted by atomic mass is 16.3. The van der Waals surface area contributed by atoms with Crippen molar-refractivity contribution in [1.82, 2.24) is 15.1 Å². The first-order valence-corrected chi connectivity index (χ1v) is 5.92. The Bertz CT molecular complexity index is 331. The van der Waals surface area contributed by atoms with Gasteiger partial charge in [-0.05, 0) is 32.9 Å². The molecule has 16 heavy (non-hydrogen) atoms. The third kappa shape index (κ3) is 2.74. The summed E-state index contributed by atoms with van der Waals surface area (Å²) in [4.78, 5) is 0. The maximum absolute atomic E-state index is 8.96. The summed E-state index contributed by atoms with van der Waals surface area (Å²) in [6, 6.07) is 2.56. The quantitative estimate of drug-likeness (QED) is 0.690. The molecule has 2 heterocycles. The van der Waals surface area contributed by atoms with Crippen LogP contribution in [0, 0.1) is 6.92 Å². The number of nitrogens with one attached hydrogen (secondary N) is 2. The van der Waals surface area contributed by atoms with Crippen LogP contribution in [0.4, 0.5) is 5.82 Å². The Labute approximate surface area is 95.8 Å². The zero-order valence-corrected chi connectivity index (χ0v) is 9.74. The van der Waals surface area contributed by atoms with Gasteiger partial charge in [0.1, 0.15) is 5.82 Å². The van der Waals surface area contributed by atoms with Gasteiger partial charge in [-0.15, -0.1) is 0 Å². The molecule has 0 aromatic carbocycles. The Hall–Kier alpha value is -1.07. The van der Waals surface area contributed by atoms with Crippen LogP contribution >= 0.6 is 0 Å². The molecule has 0 saturated carbocycles. The molecule has 1 fully saturated rings. The summed E-state index contributed by atoms with van der Waals surface area (Å²) in [6.07, 6.45) is 2.28. The molecule has 1 aliphatic rings. The maximum atomic E-state index is 8.96. The summed E-state index contributed by atoms with van der Waals surface area (Å²) >= 11 is 0. The molecule has 0 unspecified atom stereocenters. The molecule has 1 aromatic rings. The molecule has 0 aliphatic carbocycles. The lowest BCUT2D eigenvalue weighted by Gasteiger charge is -2.24. The van der Waals surface area contributed by atoms with Gasteiger partial charge in [-0.25, -0.2) is 4.68 Å². The predicted molar refractivity (Wildman–Crippen MR) is 63.6 cm³/mol. The topological polar surface area (TPSA) is 62.1 Å². The van der Waals surface area contributed by atoms with Crippen LogP contribution in [0.5, 0.6) is 0 Å². The fourth-order valence-corrected chi connectivity index (χ4v) is 2.10. The summed E-state index contributed by atoms with van der Waals surface area (Å²) < 4.78 is 1.84. The number of nitrogens with zero attached hydrogens (tertiary/aromatic N) is 2. The first-order chi connectivity index (χ1) is 7.79. The number of anilines is 1. The molecule has 90 valence electrons. The number of aliphatic hydroxyl groups is 1. The lowest BCUT2D eigenvalue weighted by molar-refractivity contribution is 0.270. The lowest BCUT2D eigenvalue weighted by Crippen LogP contribution is -2.35. The Morgan fingerprint density at radius 3 is 3.00 bits per heavy atom. The molecular weight excluding hydrogens is 204 g/mol. The SMILES string of the molecule is Cc1cc(NC2CCNCC2)n(CCO)n1. The average Bonchev–Trinajstić information content (AvgIpc) is 2.61. The average molecular weight is 224 g/mol. The van der Waals surface area contributed by atoms with Crippen LogP contribution in [-0.2, 0) is 6.54 Å². The van der Waals surface area contributed by atoms with Gasteiger partial charge < -0.3 is 15.7 Å². The van der Waals surface area contributed by atoms with E-state index in [1.165, 1.54) is 0 Å². The summed E-state index contributed by atoms with van der Waals surface area (Å²) in [5.74, 6) is 1.03. The Morgan fingerprint density at radius 1 is 1.56 bits per heavy atom. The van der Waals surface area contributed by atoms with Gasteiger partial charge in [-0.2, -0.15) is 5.10 Å². The summed E-state index contributed by atoms with van der Waals surface area (Å²) in [7, 11) is 0. The van der Waals surface area contributed by atoms with Crippen molar-refractivity contribution >= 4 is 5.82 Å². The Morgan fingerprint density at radius 2 is 2.31 bits per heavy atom. The van der Waals surface area contributed by atoms with Crippen molar-refractivity contribution in [2.24, 2.45) is 0 Å². The predicted octanol–water partition coefficient (Wildman–Crippen LogP) is 0.348. The number of aromatic nitrogens is 2. The Balaban J connectivity index is 2.01. The monoisotopic (exact) mass is 224 g/mol. The molecule has 0 amide bonds. The fourth-order valence-electron chi connectivity index (χ4n) is 2.10. The number of aryl methyl sites for hydroxylation is 1. The zero-order chi connectivity index (χ0) is 11.4. The standard InChI is InChI=1S/C11H20N4O/c1-9-8-11(15(14-9)6-7-16)13-10-2-4-12-5-3-10/h8,10,12-13,16H,2-7H2,1H3. The van der Waals surface area contributed by atoms with Gasteiger partial charge in [-0.1, -0.05) is 0 Å². The van der Waals surface area contributed by atoms with Gasteiger partial charge in [0.05, 0.1) is 18.8 Å². The highest BCUT2D eigenvalue weighted by Gasteiger charge is 2.14. The number of hydrogen-bond acceptors (Lipinski definition) is 4. The lowest BCUT2D eigenvalue weighted by atomic mass is 10.1. The molecule has 0 spiro atoms. The molecular formula is C11H20N4O.